The topological polar surface area (TPSA) is 30.5 Å². The quantitative estimate of drug-likeness (QED) is 0.776. The number of para-hydroxylation sites is 1. The standard InChI is InChI=1S/C17H27NO2/c1-14(2)17-13-15(9-12-20-17)18-10-6-11-19-16-7-4-3-5-8-16/h3-5,7-8,14-15,17-18H,6,9-13H2,1-2H3. The molecule has 0 radical (unpaired) electrons. The van der Waals surface area contributed by atoms with Crippen molar-refractivity contribution in [2.45, 2.75) is 45.3 Å². The fourth-order valence-electron chi connectivity index (χ4n) is 2.56. The molecule has 0 amide bonds. The van der Waals surface area contributed by atoms with E-state index in [2.05, 4.69) is 19.2 Å². The largest absolute Gasteiger partial charge is 0.494 e. The SMILES string of the molecule is CC(C)C1CC(NCCCOc2ccccc2)CCO1. The fraction of sp³-hybridized carbons (Fsp3) is 0.647. The number of ether oxygens (including phenoxy) is 2. The lowest BCUT2D eigenvalue weighted by Gasteiger charge is -2.32. The molecule has 20 heavy (non-hydrogen) atoms. The second kappa shape index (κ2) is 8.28. The predicted molar refractivity (Wildman–Crippen MR) is 82.2 cm³/mol. The summed E-state index contributed by atoms with van der Waals surface area (Å²) in [7, 11) is 0. The van der Waals surface area contributed by atoms with Crippen molar-refractivity contribution >= 4 is 0 Å². The van der Waals surface area contributed by atoms with Gasteiger partial charge in [0.15, 0.2) is 0 Å². The highest BCUT2D eigenvalue weighted by molar-refractivity contribution is 5.20. The van der Waals surface area contributed by atoms with Gasteiger partial charge >= 0.3 is 0 Å². The molecule has 0 bridgehead atoms. The fourth-order valence-corrected chi connectivity index (χ4v) is 2.56. The smallest absolute Gasteiger partial charge is 0.119 e. The molecule has 1 aliphatic rings. The van der Waals surface area contributed by atoms with Crippen molar-refractivity contribution in [1.82, 2.24) is 5.32 Å². The molecule has 3 nitrogen and oxygen atoms in total. The van der Waals surface area contributed by atoms with E-state index in [0.29, 0.717) is 18.1 Å². The first-order chi connectivity index (χ1) is 9.75. The molecular weight excluding hydrogens is 250 g/mol. The molecule has 0 saturated carbocycles. The maximum Gasteiger partial charge on any atom is 0.119 e. The Morgan fingerprint density at radius 1 is 1.30 bits per heavy atom. The van der Waals surface area contributed by atoms with E-state index in [1.807, 2.05) is 30.3 Å². The predicted octanol–water partition coefficient (Wildman–Crippen LogP) is 3.25. The van der Waals surface area contributed by atoms with Crippen LogP contribution in [0.1, 0.15) is 33.1 Å². The Morgan fingerprint density at radius 3 is 2.85 bits per heavy atom. The zero-order valence-electron chi connectivity index (χ0n) is 12.7. The van der Waals surface area contributed by atoms with Crippen LogP contribution in [0.25, 0.3) is 0 Å². The molecule has 0 aliphatic carbocycles. The molecule has 1 aliphatic heterocycles. The molecule has 2 unspecified atom stereocenters. The van der Waals surface area contributed by atoms with Crippen molar-refractivity contribution in [1.29, 1.82) is 0 Å². The summed E-state index contributed by atoms with van der Waals surface area (Å²) in [6, 6.07) is 10.6. The first-order valence-corrected chi connectivity index (χ1v) is 7.78. The van der Waals surface area contributed by atoms with Crippen LogP contribution >= 0.6 is 0 Å². The van der Waals surface area contributed by atoms with E-state index in [9.17, 15) is 0 Å². The Balaban J connectivity index is 1.57. The summed E-state index contributed by atoms with van der Waals surface area (Å²) < 4.78 is 11.5. The molecule has 1 saturated heterocycles. The van der Waals surface area contributed by atoms with Crippen LogP contribution < -0.4 is 10.1 Å². The minimum absolute atomic E-state index is 0.418. The molecule has 1 aromatic carbocycles. The highest BCUT2D eigenvalue weighted by Gasteiger charge is 2.24. The number of benzene rings is 1. The Morgan fingerprint density at radius 2 is 2.10 bits per heavy atom. The first kappa shape index (κ1) is 15.3. The third-order valence-electron chi connectivity index (χ3n) is 3.82. The van der Waals surface area contributed by atoms with E-state index in [-0.39, 0.29) is 0 Å². The third kappa shape index (κ3) is 5.14. The highest BCUT2D eigenvalue weighted by Crippen LogP contribution is 2.20. The van der Waals surface area contributed by atoms with Gasteiger partial charge in [-0.2, -0.15) is 0 Å². The van der Waals surface area contributed by atoms with Crippen LogP contribution in [-0.4, -0.2) is 31.9 Å². The third-order valence-corrected chi connectivity index (χ3v) is 3.82. The first-order valence-electron chi connectivity index (χ1n) is 7.78. The lowest BCUT2D eigenvalue weighted by molar-refractivity contribution is -0.0243. The van der Waals surface area contributed by atoms with Crippen molar-refractivity contribution in [3.05, 3.63) is 30.3 Å². The number of hydrogen-bond acceptors (Lipinski definition) is 3. The van der Waals surface area contributed by atoms with Crippen molar-refractivity contribution < 1.29 is 9.47 Å². The lowest BCUT2D eigenvalue weighted by atomic mass is 9.95. The van der Waals surface area contributed by atoms with Crippen LogP contribution in [0.2, 0.25) is 0 Å². The zero-order valence-corrected chi connectivity index (χ0v) is 12.7. The Kier molecular flexibility index (Phi) is 6.34. The summed E-state index contributed by atoms with van der Waals surface area (Å²) in [6.07, 6.45) is 3.72. The number of rotatable bonds is 7. The lowest BCUT2D eigenvalue weighted by Crippen LogP contribution is -2.41. The van der Waals surface area contributed by atoms with Gasteiger partial charge in [-0.1, -0.05) is 32.0 Å². The molecule has 112 valence electrons. The van der Waals surface area contributed by atoms with Crippen molar-refractivity contribution in [3.8, 4) is 5.75 Å². The summed E-state index contributed by atoms with van der Waals surface area (Å²) >= 11 is 0. The van der Waals surface area contributed by atoms with Gasteiger partial charge in [0.05, 0.1) is 12.7 Å². The van der Waals surface area contributed by atoms with E-state index in [4.69, 9.17) is 9.47 Å². The van der Waals surface area contributed by atoms with Gasteiger partial charge in [0.2, 0.25) is 0 Å². The molecule has 2 rings (SSSR count). The summed E-state index contributed by atoms with van der Waals surface area (Å²) in [5.41, 5.74) is 0. The van der Waals surface area contributed by atoms with Gasteiger partial charge in [0.25, 0.3) is 0 Å². The average molecular weight is 277 g/mol. The van der Waals surface area contributed by atoms with E-state index >= 15 is 0 Å². The maximum absolute atomic E-state index is 5.79. The second-order valence-corrected chi connectivity index (χ2v) is 5.84. The van der Waals surface area contributed by atoms with E-state index in [0.717, 1.165) is 44.8 Å². The van der Waals surface area contributed by atoms with Gasteiger partial charge in [-0.15, -0.1) is 0 Å². The van der Waals surface area contributed by atoms with E-state index in [1.54, 1.807) is 0 Å². The Labute approximate surface area is 122 Å². The zero-order chi connectivity index (χ0) is 14.2. The molecule has 1 fully saturated rings. The van der Waals surface area contributed by atoms with E-state index < -0.39 is 0 Å². The molecule has 3 heteroatoms. The van der Waals surface area contributed by atoms with Gasteiger partial charge < -0.3 is 14.8 Å². The van der Waals surface area contributed by atoms with Crippen LogP contribution in [-0.2, 0) is 4.74 Å². The minimum Gasteiger partial charge on any atom is -0.494 e. The van der Waals surface area contributed by atoms with Gasteiger partial charge in [0, 0.05) is 12.6 Å². The Hall–Kier alpha value is -1.06. The minimum atomic E-state index is 0.418. The summed E-state index contributed by atoms with van der Waals surface area (Å²) in [5.74, 6) is 1.57. The molecule has 1 N–H and O–H groups in total. The average Bonchev–Trinajstić information content (AvgIpc) is 2.48. The molecule has 1 heterocycles. The molecule has 2 atom stereocenters. The van der Waals surface area contributed by atoms with Crippen LogP contribution in [0.4, 0.5) is 0 Å². The van der Waals surface area contributed by atoms with Gasteiger partial charge in [0.1, 0.15) is 5.75 Å². The summed E-state index contributed by atoms with van der Waals surface area (Å²) in [6.45, 7) is 7.15. The maximum atomic E-state index is 5.79. The normalized spacial score (nSPS) is 22.9. The van der Waals surface area contributed by atoms with Crippen molar-refractivity contribution in [3.63, 3.8) is 0 Å². The van der Waals surface area contributed by atoms with Gasteiger partial charge in [-0.25, -0.2) is 0 Å². The monoisotopic (exact) mass is 277 g/mol. The van der Waals surface area contributed by atoms with Crippen LogP contribution in [0.5, 0.6) is 5.75 Å². The highest BCUT2D eigenvalue weighted by atomic mass is 16.5. The van der Waals surface area contributed by atoms with Crippen molar-refractivity contribution in [2.24, 2.45) is 5.92 Å². The molecule has 0 spiro atoms. The number of hydrogen-bond donors (Lipinski definition) is 1. The van der Waals surface area contributed by atoms with Crippen LogP contribution in [0, 0.1) is 5.92 Å². The van der Waals surface area contributed by atoms with Crippen LogP contribution in [0.15, 0.2) is 30.3 Å². The molecule has 1 aromatic rings. The van der Waals surface area contributed by atoms with Gasteiger partial charge in [-0.3, -0.25) is 0 Å². The second-order valence-electron chi connectivity index (χ2n) is 5.84. The van der Waals surface area contributed by atoms with Gasteiger partial charge in [-0.05, 0) is 43.9 Å². The van der Waals surface area contributed by atoms with Crippen molar-refractivity contribution in [2.75, 3.05) is 19.8 Å². The van der Waals surface area contributed by atoms with Crippen LogP contribution in [0.3, 0.4) is 0 Å². The molecular formula is C17H27NO2. The summed E-state index contributed by atoms with van der Waals surface area (Å²) in [4.78, 5) is 0. The van der Waals surface area contributed by atoms with E-state index in [1.165, 1.54) is 0 Å². The Bertz CT molecular complexity index is 367. The molecule has 0 aromatic heterocycles. The number of nitrogens with one attached hydrogen (secondary N) is 1. The summed E-state index contributed by atoms with van der Waals surface area (Å²) in [5, 5.41) is 3.63.